The molecule has 5 nitrogen and oxygen atoms in total. The molecule has 0 saturated carbocycles. The van der Waals surface area contributed by atoms with Gasteiger partial charge < -0.3 is 22.8 Å². The minimum atomic E-state index is -6.33. The molecule has 0 heterocycles. The Morgan fingerprint density at radius 3 is 1.41 bits per heavy atom. The Morgan fingerprint density at radius 2 is 1.07 bits per heavy atom. The number of hydrogen-bond acceptors (Lipinski definition) is 5. The summed E-state index contributed by atoms with van der Waals surface area (Å²) in [4.78, 5) is 0. The summed E-state index contributed by atoms with van der Waals surface area (Å²) in [6.45, 7) is 0. The molecule has 176 valence electrons. The highest BCUT2D eigenvalue weighted by Crippen LogP contribution is 2.55. The van der Waals surface area contributed by atoms with Crippen molar-refractivity contribution < 1.29 is 57.9 Å². The van der Waals surface area contributed by atoms with Crippen molar-refractivity contribution in [3.63, 3.8) is 0 Å². The zero-order valence-corrected chi connectivity index (χ0v) is 19.1. The van der Waals surface area contributed by atoms with Crippen molar-refractivity contribution >= 4 is 18.3 Å². The van der Waals surface area contributed by atoms with E-state index in [1.165, 1.54) is 14.2 Å². The largest absolute Gasteiger partial charge is 0.500 e. The average Bonchev–Trinajstić information content (AvgIpc) is 2.66. The molecule has 0 N–H and O–H groups in total. The third kappa shape index (κ3) is 6.33. The Kier molecular flexibility index (Phi) is 10.7. The summed E-state index contributed by atoms with van der Waals surface area (Å²) >= 11 is 0. The first-order valence-corrected chi connectivity index (χ1v) is 12.1. The Labute approximate surface area is 167 Å². The smallest absolute Gasteiger partial charge is 0.377 e. The molecule has 0 radical (unpaired) electrons. The second kappa shape index (κ2) is 10.8. The molecule has 0 aliphatic heterocycles. The Balaban J connectivity index is 5.42. The SMILES string of the molecule is COC(OC)[SiH2]CCC(F)(F)C(F)(F)C(F)(F)C(F)(F)CC[Si](OC)(OC)OC. The lowest BCUT2D eigenvalue weighted by Crippen LogP contribution is -2.62. The van der Waals surface area contributed by atoms with Gasteiger partial charge in [-0.2, -0.15) is 35.1 Å². The van der Waals surface area contributed by atoms with Gasteiger partial charge in [-0.1, -0.05) is 6.04 Å². The molecule has 0 aromatic carbocycles. The minimum Gasteiger partial charge on any atom is -0.377 e. The standard InChI is InChI=1S/C14H26F8O5Si2/c1-23-10(24-2)28-8-6-11(15,16)13(19,20)14(21,22)12(17,18)7-9-29(25-3,26-4)27-5/h10H,6-9,28H2,1-5H3. The maximum absolute atomic E-state index is 14.0. The second-order valence-corrected chi connectivity index (χ2v) is 11.2. The van der Waals surface area contributed by atoms with Gasteiger partial charge in [0.25, 0.3) is 0 Å². The van der Waals surface area contributed by atoms with Crippen molar-refractivity contribution in [1.29, 1.82) is 0 Å². The van der Waals surface area contributed by atoms with Crippen molar-refractivity contribution in [2.24, 2.45) is 0 Å². The molecule has 0 rings (SSSR count). The van der Waals surface area contributed by atoms with Crippen molar-refractivity contribution in [1.82, 2.24) is 0 Å². The van der Waals surface area contributed by atoms with Crippen LogP contribution in [-0.2, 0) is 22.8 Å². The molecule has 0 unspecified atom stereocenters. The van der Waals surface area contributed by atoms with Gasteiger partial charge >= 0.3 is 32.5 Å². The molecule has 0 aliphatic carbocycles. The fourth-order valence-electron chi connectivity index (χ4n) is 2.46. The van der Waals surface area contributed by atoms with E-state index in [0.29, 0.717) is 0 Å². The van der Waals surface area contributed by atoms with E-state index in [0.717, 1.165) is 21.3 Å². The lowest BCUT2D eigenvalue weighted by molar-refractivity contribution is -0.366. The molecular weight excluding hydrogens is 456 g/mol. The third-order valence-electron chi connectivity index (χ3n) is 4.45. The fraction of sp³-hybridized carbons (Fsp3) is 1.00. The van der Waals surface area contributed by atoms with Crippen LogP contribution in [0.15, 0.2) is 0 Å². The third-order valence-corrected chi connectivity index (χ3v) is 9.08. The van der Waals surface area contributed by atoms with E-state index in [9.17, 15) is 35.1 Å². The first kappa shape index (κ1) is 28.7. The van der Waals surface area contributed by atoms with Gasteiger partial charge in [0.15, 0.2) is 0 Å². The van der Waals surface area contributed by atoms with E-state index >= 15 is 0 Å². The maximum Gasteiger partial charge on any atom is 0.500 e. The van der Waals surface area contributed by atoms with Crippen LogP contribution in [0.5, 0.6) is 0 Å². The highest BCUT2D eigenvalue weighted by Gasteiger charge is 2.79. The second-order valence-electron chi connectivity index (χ2n) is 6.15. The van der Waals surface area contributed by atoms with Gasteiger partial charge in [-0.3, -0.25) is 0 Å². The lowest BCUT2D eigenvalue weighted by Gasteiger charge is -2.37. The number of hydrogen-bond donors (Lipinski definition) is 0. The van der Waals surface area contributed by atoms with E-state index < -0.39 is 72.9 Å². The fourth-order valence-corrected chi connectivity index (χ4v) is 5.65. The predicted molar refractivity (Wildman–Crippen MR) is 91.8 cm³/mol. The first-order chi connectivity index (χ1) is 13.1. The van der Waals surface area contributed by atoms with E-state index in [-0.39, 0.29) is 0 Å². The Bertz CT molecular complexity index is 482. The van der Waals surface area contributed by atoms with E-state index in [1.54, 1.807) is 0 Å². The summed E-state index contributed by atoms with van der Waals surface area (Å²) in [5.41, 5.74) is 0. The molecule has 0 atom stereocenters. The molecule has 0 bridgehead atoms. The summed E-state index contributed by atoms with van der Waals surface area (Å²) in [5, 5.41) is 0. The molecule has 0 aromatic rings. The normalized spacial score (nSPS) is 15.1. The molecule has 0 amide bonds. The van der Waals surface area contributed by atoms with Gasteiger partial charge in [0, 0.05) is 54.4 Å². The van der Waals surface area contributed by atoms with Crippen LogP contribution in [0, 0.1) is 0 Å². The van der Waals surface area contributed by atoms with Crippen molar-refractivity contribution in [2.75, 3.05) is 35.5 Å². The number of rotatable bonds is 15. The number of alkyl halides is 8. The summed E-state index contributed by atoms with van der Waals surface area (Å²) in [6, 6.07) is -1.58. The summed E-state index contributed by atoms with van der Waals surface area (Å²) in [7, 11) is -0.124. The van der Waals surface area contributed by atoms with Crippen LogP contribution in [-0.4, -0.2) is 83.5 Å². The van der Waals surface area contributed by atoms with Crippen LogP contribution in [0.1, 0.15) is 12.8 Å². The van der Waals surface area contributed by atoms with Crippen LogP contribution < -0.4 is 0 Å². The monoisotopic (exact) mass is 482 g/mol. The molecule has 15 heteroatoms. The van der Waals surface area contributed by atoms with E-state index in [2.05, 4.69) is 0 Å². The van der Waals surface area contributed by atoms with Gasteiger partial charge in [0.2, 0.25) is 0 Å². The summed E-state index contributed by atoms with van der Waals surface area (Å²) in [5.74, 6) is -24.4. The molecular formula is C14H26F8O5Si2. The molecule has 0 aliphatic rings. The Hall–Kier alpha value is -0.326. The summed E-state index contributed by atoms with van der Waals surface area (Å²) < 4.78 is 135. The van der Waals surface area contributed by atoms with Crippen LogP contribution in [0.2, 0.25) is 12.1 Å². The quantitative estimate of drug-likeness (QED) is 0.204. The molecule has 0 aromatic heterocycles. The highest BCUT2D eigenvalue weighted by molar-refractivity contribution is 6.60. The number of halogens is 8. The van der Waals surface area contributed by atoms with Crippen molar-refractivity contribution in [3.05, 3.63) is 0 Å². The summed E-state index contributed by atoms with van der Waals surface area (Å²) in [6.07, 6.45) is -3.62. The van der Waals surface area contributed by atoms with Crippen LogP contribution in [0.4, 0.5) is 35.1 Å². The first-order valence-electron chi connectivity index (χ1n) is 8.36. The van der Waals surface area contributed by atoms with Gasteiger partial charge in [-0.05, 0) is 0 Å². The zero-order chi connectivity index (χ0) is 23.1. The molecule has 0 fully saturated rings. The molecule has 29 heavy (non-hydrogen) atoms. The van der Waals surface area contributed by atoms with Crippen molar-refractivity contribution in [2.45, 2.75) is 54.5 Å². The van der Waals surface area contributed by atoms with Gasteiger partial charge in [0.1, 0.15) is 5.91 Å². The minimum absolute atomic E-state index is 0.594. The predicted octanol–water partition coefficient (Wildman–Crippen LogP) is 3.35. The van der Waals surface area contributed by atoms with E-state index in [1.807, 2.05) is 0 Å². The lowest BCUT2D eigenvalue weighted by atomic mass is 9.95. The van der Waals surface area contributed by atoms with E-state index in [4.69, 9.17) is 22.8 Å². The van der Waals surface area contributed by atoms with Crippen LogP contribution in [0.25, 0.3) is 0 Å². The maximum atomic E-state index is 14.0. The number of ether oxygens (including phenoxy) is 2. The average molecular weight is 483 g/mol. The van der Waals surface area contributed by atoms with Crippen LogP contribution in [0.3, 0.4) is 0 Å². The Morgan fingerprint density at radius 1 is 0.690 bits per heavy atom. The highest BCUT2D eigenvalue weighted by atomic mass is 28.4. The molecule has 0 saturated heterocycles. The number of methoxy groups -OCH3 is 2. The molecule has 0 spiro atoms. The topological polar surface area (TPSA) is 46.2 Å². The van der Waals surface area contributed by atoms with Crippen molar-refractivity contribution in [3.8, 4) is 0 Å². The van der Waals surface area contributed by atoms with Crippen LogP contribution >= 0.6 is 0 Å². The van der Waals surface area contributed by atoms with Gasteiger partial charge in [-0.25, -0.2) is 0 Å². The zero-order valence-electron chi connectivity index (χ0n) is 16.7. The van der Waals surface area contributed by atoms with Gasteiger partial charge in [-0.15, -0.1) is 0 Å². The van der Waals surface area contributed by atoms with Gasteiger partial charge in [0.05, 0.1) is 9.52 Å².